The van der Waals surface area contributed by atoms with Crippen LogP contribution in [0.25, 0.3) is 0 Å². The molecule has 98 valence electrons. The molecule has 0 spiro atoms. The van der Waals surface area contributed by atoms with Crippen molar-refractivity contribution in [2.75, 3.05) is 13.1 Å². The molecule has 1 unspecified atom stereocenters. The fourth-order valence-corrected chi connectivity index (χ4v) is 2.01. The van der Waals surface area contributed by atoms with Gasteiger partial charge in [0.15, 0.2) is 0 Å². The third-order valence-corrected chi connectivity index (χ3v) is 3.82. The first-order valence-corrected chi connectivity index (χ1v) is 6.37. The summed E-state index contributed by atoms with van der Waals surface area (Å²) in [6.45, 7) is 10.2. The summed E-state index contributed by atoms with van der Waals surface area (Å²) in [5.41, 5.74) is 9.59. The normalized spacial score (nSPS) is 14.9. The first-order chi connectivity index (χ1) is 7.93. The molecule has 1 heterocycles. The number of aryl methyl sites for hydroxylation is 2. The molecule has 0 saturated heterocycles. The zero-order valence-corrected chi connectivity index (χ0v) is 11.8. The first kappa shape index (κ1) is 14.2. The third kappa shape index (κ3) is 3.30. The number of aromatic nitrogens is 2. The fraction of sp³-hybridized carbons (Fsp3) is 0.769. The summed E-state index contributed by atoms with van der Waals surface area (Å²) >= 11 is 0. The Morgan fingerprint density at radius 3 is 2.47 bits per heavy atom. The molecule has 1 rings (SSSR count). The van der Waals surface area contributed by atoms with Gasteiger partial charge >= 0.3 is 0 Å². The maximum Gasteiger partial charge on any atom is 0.0628 e. The van der Waals surface area contributed by atoms with Crippen LogP contribution in [0.5, 0.6) is 0 Å². The van der Waals surface area contributed by atoms with Crippen molar-refractivity contribution in [1.82, 2.24) is 15.1 Å². The van der Waals surface area contributed by atoms with Gasteiger partial charge in [-0.3, -0.25) is 4.68 Å². The van der Waals surface area contributed by atoms with Crippen LogP contribution in [0, 0.1) is 13.8 Å². The number of hydrogen-bond donors (Lipinski definition) is 2. The molecule has 1 aromatic heterocycles. The maximum absolute atomic E-state index is 5.78. The third-order valence-electron chi connectivity index (χ3n) is 3.82. The lowest BCUT2D eigenvalue weighted by Gasteiger charge is -2.28. The second kappa shape index (κ2) is 5.65. The van der Waals surface area contributed by atoms with Gasteiger partial charge in [0.25, 0.3) is 0 Å². The summed E-state index contributed by atoms with van der Waals surface area (Å²) in [7, 11) is 2.00. The van der Waals surface area contributed by atoms with Gasteiger partial charge in [-0.2, -0.15) is 5.10 Å². The van der Waals surface area contributed by atoms with Gasteiger partial charge in [-0.25, -0.2) is 0 Å². The summed E-state index contributed by atoms with van der Waals surface area (Å²) in [4.78, 5) is 0. The molecule has 4 heteroatoms. The Bertz CT molecular complexity index is 364. The Balaban J connectivity index is 2.57. The van der Waals surface area contributed by atoms with Gasteiger partial charge < -0.3 is 11.1 Å². The van der Waals surface area contributed by atoms with Crippen LogP contribution in [0.3, 0.4) is 0 Å². The summed E-state index contributed by atoms with van der Waals surface area (Å²) < 4.78 is 1.95. The van der Waals surface area contributed by atoms with E-state index in [-0.39, 0.29) is 5.54 Å². The Hall–Kier alpha value is -0.870. The van der Waals surface area contributed by atoms with Crippen LogP contribution in [-0.2, 0) is 13.5 Å². The predicted molar refractivity (Wildman–Crippen MR) is 72.1 cm³/mol. The molecule has 0 saturated carbocycles. The molecule has 1 atom stereocenters. The SMILES string of the molecule is CCC(C)(CN)NCCc1c(C)nn(C)c1C. The summed E-state index contributed by atoms with van der Waals surface area (Å²) in [6.07, 6.45) is 2.07. The zero-order valence-electron chi connectivity index (χ0n) is 11.8. The number of rotatable bonds is 6. The Labute approximate surface area is 105 Å². The second-order valence-electron chi connectivity index (χ2n) is 5.07. The number of hydrogen-bond acceptors (Lipinski definition) is 3. The van der Waals surface area contributed by atoms with Crippen LogP contribution in [0.4, 0.5) is 0 Å². The van der Waals surface area contributed by atoms with Crippen molar-refractivity contribution in [3.8, 4) is 0 Å². The summed E-state index contributed by atoms with van der Waals surface area (Å²) in [5.74, 6) is 0. The number of nitrogens with two attached hydrogens (primary N) is 1. The fourth-order valence-electron chi connectivity index (χ4n) is 2.01. The zero-order chi connectivity index (χ0) is 13.1. The van der Waals surface area contributed by atoms with Gasteiger partial charge in [-0.15, -0.1) is 0 Å². The highest BCUT2D eigenvalue weighted by molar-refractivity contribution is 5.24. The smallest absolute Gasteiger partial charge is 0.0628 e. The van der Waals surface area contributed by atoms with E-state index in [1.165, 1.54) is 11.3 Å². The van der Waals surface area contributed by atoms with E-state index >= 15 is 0 Å². The first-order valence-electron chi connectivity index (χ1n) is 6.37. The molecule has 3 N–H and O–H groups in total. The van der Waals surface area contributed by atoms with Crippen molar-refractivity contribution in [3.63, 3.8) is 0 Å². The van der Waals surface area contributed by atoms with E-state index in [9.17, 15) is 0 Å². The van der Waals surface area contributed by atoms with Crippen molar-refractivity contribution in [3.05, 3.63) is 17.0 Å². The van der Waals surface area contributed by atoms with Crippen LogP contribution in [0.15, 0.2) is 0 Å². The molecular weight excluding hydrogens is 212 g/mol. The highest BCUT2D eigenvalue weighted by Crippen LogP contribution is 2.13. The van der Waals surface area contributed by atoms with Gasteiger partial charge in [0.2, 0.25) is 0 Å². The molecule has 0 aliphatic rings. The van der Waals surface area contributed by atoms with Crippen molar-refractivity contribution in [2.24, 2.45) is 12.8 Å². The van der Waals surface area contributed by atoms with Crippen molar-refractivity contribution >= 4 is 0 Å². The highest BCUT2D eigenvalue weighted by Gasteiger charge is 2.19. The second-order valence-corrected chi connectivity index (χ2v) is 5.07. The minimum absolute atomic E-state index is 0.0595. The van der Waals surface area contributed by atoms with E-state index in [1.54, 1.807) is 0 Å². The Morgan fingerprint density at radius 2 is 2.06 bits per heavy atom. The number of nitrogens with zero attached hydrogens (tertiary/aromatic N) is 2. The lowest BCUT2D eigenvalue weighted by molar-refractivity contribution is 0.355. The van der Waals surface area contributed by atoms with Gasteiger partial charge in [-0.05, 0) is 45.7 Å². The van der Waals surface area contributed by atoms with E-state index in [2.05, 4.69) is 38.1 Å². The molecule has 0 aromatic carbocycles. The Kier molecular flexibility index (Phi) is 4.71. The molecule has 0 fully saturated rings. The maximum atomic E-state index is 5.78. The van der Waals surface area contributed by atoms with Crippen LogP contribution in [-0.4, -0.2) is 28.4 Å². The molecule has 17 heavy (non-hydrogen) atoms. The minimum atomic E-state index is 0.0595. The topological polar surface area (TPSA) is 55.9 Å². The molecule has 4 nitrogen and oxygen atoms in total. The van der Waals surface area contributed by atoms with E-state index in [4.69, 9.17) is 5.73 Å². The molecule has 0 bridgehead atoms. The summed E-state index contributed by atoms with van der Waals surface area (Å²) in [6, 6.07) is 0. The summed E-state index contributed by atoms with van der Waals surface area (Å²) in [5, 5.41) is 7.98. The Morgan fingerprint density at radius 1 is 1.41 bits per heavy atom. The van der Waals surface area contributed by atoms with Crippen LogP contribution in [0.2, 0.25) is 0 Å². The number of nitrogens with one attached hydrogen (secondary N) is 1. The predicted octanol–water partition coefficient (Wildman–Crippen LogP) is 1.30. The molecule has 0 aliphatic carbocycles. The van der Waals surface area contributed by atoms with Crippen molar-refractivity contribution in [1.29, 1.82) is 0 Å². The van der Waals surface area contributed by atoms with E-state index in [1.807, 2.05) is 11.7 Å². The molecule has 0 amide bonds. The van der Waals surface area contributed by atoms with E-state index in [0.29, 0.717) is 6.54 Å². The van der Waals surface area contributed by atoms with E-state index in [0.717, 1.165) is 25.1 Å². The van der Waals surface area contributed by atoms with Crippen molar-refractivity contribution < 1.29 is 0 Å². The lowest BCUT2D eigenvalue weighted by Crippen LogP contribution is -2.48. The van der Waals surface area contributed by atoms with Gasteiger partial charge in [-0.1, -0.05) is 6.92 Å². The van der Waals surface area contributed by atoms with E-state index < -0.39 is 0 Å². The molecular formula is C13H26N4. The van der Waals surface area contributed by atoms with Gasteiger partial charge in [0, 0.05) is 24.8 Å². The van der Waals surface area contributed by atoms with Gasteiger partial charge in [0.05, 0.1) is 5.69 Å². The largest absolute Gasteiger partial charge is 0.329 e. The quantitative estimate of drug-likeness (QED) is 0.785. The van der Waals surface area contributed by atoms with Crippen LogP contribution in [0.1, 0.15) is 37.2 Å². The highest BCUT2D eigenvalue weighted by atomic mass is 15.3. The lowest BCUT2D eigenvalue weighted by atomic mass is 9.98. The average molecular weight is 238 g/mol. The molecule has 0 radical (unpaired) electrons. The molecule has 1 aromatic rings. The standard InChI is InChI=1S/C13H26N4/c1-6-13(4,9-14)15-8-7-12-10(2)16-17(5)11(12)3/h15H,6-9,14H2,1-5H3. The average Bonchev–Trinajstić information content (AvgIpc) is 2.55. The van der Waals surface area contributed by atoms with Crippen LogP contribution >= 0.6 is 0 Å². The monoisotopic (exact) mass is 238 g/mol. The molecule has 0 aliphatic heterocycles. The van der Waals surface area contributed by atoms with Gasteiger partial charge in [0.1, 0.15) is 0 Å². The minimum Gasteiger partial charge on any atom is -0.329 e. The van der Waals surface area contributed by atoms with Crippen LogP contribution < -0.4 is 11.1 Å². The van der Waals surface area contributed by atoms with Crippen molar-refractivity contribution in [2.45, 2.75) is 46.1 Å².